The van der Waals surface area contributed by atoms with Gasteiger partial charge in [-0.05, 0) is 30.9 Å². The predicted molar refractivity (Wildman–Crippen MR) is 79.9 cm³/mol. The fraction of sp³-hybridized carbons (Fsp3) is 0.167. The number of benzene rings is 1. The quantitative estimate of drug-likeness (QED) is 0.636. The molecular formula is C12H11BrN4OS. The van der Waals surface area contributed by atoms with Gasteiger partial charge < -0.3 is 0 Å². The number of hydrogen-bond donors (Lipinski definition) is 0. The average Bonchev–Trinajstić information content (AvgIpc) is 2.42. The Morgan fingerprint density at radius 1 is 1.32 bits per heavy atom. The Bertz CT molecular complexity index is 666. The molecule has 0 saturated heterocycles. The third kappa shape index (κ3) is 3.30. The maximum Gasteiger partial charge on any atom is 0.296 e. The van der Waals surface area contributed by atoms with Crippen LogP contribution in [0.2, 0.25) is 0 Å². The Hall–Kier alpha value is -1.47. The van der Waals surface area contributed by atoms with E-state index in [9.17, 15) is 4.79 Å². The van der Waals surface area contributed by atoms with Crippen molar-refractivity contribution in [2.75, 3.05) is 6.26 Å². The van der Waals surface area contributed by atoms with Crippen molar-refractivity contribution in [1.29, 1.82) is 0 Å². The molecule has 2 rings (SSSR count). The molecule has 98 valence electrons. The van der Waals surface area contributed by atoms with Crippen LogP contribution >= 0.6 is 27.7 Å². The minimum atomic E-state index is -0.257. The molecule has 0 spiro atoms. The van der Waals surface area contributed by atoms with Gasteiger partial charge in [0.05, 0.1) is 6.21 Å². The first-order valence-electron chi connectivity index (χ1n) is 5.42. The minimum Gasteiger partial charge on any atom is -0.265 e. The van der Waals surface area contributed by atoms with E-state index in [0.29, 0.717) is 10.9 Å². The SMILES string of the molecule is CSc1nnc(C)c(=O)n1/N=C\c1ccc(Br)cc1. The van der Waals surface area contributed by atoms with Crippen LogP contribution in [0.15, 0.2) is 43.8 Å². The Morgan fingerprint density at radius 2 is 2.00 bits per heavy atom. The van der Waals surface area contributed by atoms with Crippen LogP contribution in [-0.2, 0) is 0 Å². The van der Waals surface area contributed by atoms with Gasteiger partial charge in [-0.1, -0.05) is 39.8 Å². The molecule has 0 saturated carbocycles. The summed E-state index contributed by atoms with van der Waals surface area (Å²) in [5, 5.41) is 12.4. The monoisotopic (exact) mass is 338 g/mol. The smallest absolute Gasteiger partial charge is 0.265 e. The second kappa shape index (κ2) is 6.12. The van der Waals surface area contributed by atoms with E-state index in [0.717, 1.165) is 10.0 Å². The summed E-state index contributed by atoms with van der Waals surface area (Å²) in [6.45, 7) is 1.62. The van der Waals surface area contributed by atoms with Crippen molar-refractivity contribution in [3.8, 4) is 0 Å². The van der Waals surface area contributed by atoms with Gasteiger partial charge in [-0.3, -0.25) is 4.79 Å². The molecule has 0 N–H and O–H groups in total. The van der Waals surface area contributed by atoms with Crippen LogP contribution in [0.3, 0.4) is 0 Å². The molecule has 0 amide bonds. The Morgan fingerprint density at radius 3 is 2.63 bits per heavy atom. The zero-order valence-corrected chi connectivity index (χ0v) is 12.8. The van der Waals surface area contributed by atoms with E-state index in [4.69, 9.17) is 0 Å². The second-order valence-electron chi connectivity index (χ2n) is 3.69. The first-order valence-corrected chi connectivity index (χ1v) is 7.44. The van der Waals surface area contributed by atoms with Gasteiger partial charge >= 0.3 is 0 Å². The molecule has 7 heteroatoms. The second-order valence-corrected chi connectivity index (χ2v) is 5.37. The van der Waals surface area contributed by atoms with Crippen LogP contribution in [0.4, 0.5) is 0 Å². The van der Waals surface area contributed by atoms with Crippen molar-refractivity contribution in [3.05, 3.63) is 50.3 Å². The van der Waals surface area contributed by atoms with E-state index in [1.165, 1.54) is 16.4 Å². The summed E-state index contributed by atoms with van der Waals surface area (Å²) >= 11 is 4.69. The van der Waals surface area contributed by atoms with Gasteiger partial charge in [-0.2, -0.15) is 9.78 Å². The van der Waals surface area contributed by atoms with Gasteiger partial charge in [0, 0.05) is 4.47 Å². The molecule has 5 nitrogen and oxygen atoms in total. The molecule has 0 fully saturated rings. The lowest BCUT2D eigenvalue weighted by atomic mass is 10.2. The van der Waals surface area contributed by atoms with E-state index in [-0.39, 0.29) is 5.56 Å². The van der Waals surface area contributed by atoms with Gasteiger partial charge in [0.2, 0.25) is 5.16 Å². The summed E-state index contributed by atoms with van der Waals surface area (Å²) in [5.41, 5.74) is 0.968. The van der Waals surface area contributed by atoms with E-state index in [2.05, 4.69) is 31.2 Å². The van der Waals surface area contributed by atoms with Gasteiger partial charge in [0.15, 0.2) is 0 Å². The molecule has 0 aliphatic carbocycles. The zero-order valence-electron chi connectivity index (χ0n) is 10.4. The van der Waals surface area contributed by atoms with E-state index >= 15 is 0 Å². The van der Waals surface area contributed by atoms with Gasteiger partial charge in [0.25, 0.3) is 5.56 Å². The highest BCUT2D eigenvalue weighted by atomic mass is 79.9. The number of nitrogens with zero attached hydrogens (tertiary/aromatic N) is 4. The van der Waals surface area contributed by atoms with Crippen LogP contribution in [0, 0.1) is 6.92 Å². The van der Waals surface area contributed by atoms with Gasteiger partial charge in [0.1, 0.15) is 5.69 Å². The summed E-state index contributed by atoms with van der Waals surface area (Å²) in [6.07, 6.45) is 3.44. The Labute approximate surface area is 122 Å². The highest BCUT2D eigenvalue weighted by Gasteiger charge is 2.06. The highest BCUT2D eigenvalue weighted by Crippen LogP contribution is 2.10. The molecule has 0 radical (unpaired) electrons. The average molecular weight is 339 g/mol. The summed E-state index contributed by atoms with van der Waals surface area (Å²) < 4.78 is 2.25. The predicted octanol–water partition coefficient (Wildman–Crippen LogP) is 2.31. The number of halogens is 1. The number of aryl methyl sites for hydroxylation is 1. The molecule has 0 unspecified atom stereocenters. The first-order chi connectivity index (χ1) is 9.11. The van der Waals surface area contributed by atoms with Crippen molar-refractivity contribution in [2.24, 2.45) is 5.10 Å². The summed E-state index contributed by atoms with van der Waals surface area (Å²) in [6, 6.07) is 7.63. The van der Waals surface area contributed by atoms with Crippen molar-refractivity contribution in [1.82, 2.24) is 14.9 Å². The van der Waals surface area contributed by atoms with E-state index in [1.54, 1.807) is 13.1 Å². The lowest BCUT2D eigenvalue weighted by molar-refractivity contribution is 0.635. The third-order valence-corrected chi connectivity index (χ3v) is 3.49. The molecule has 1 heterocycles. The Kier molecular flexibility index (Phi) is 4.49. The van der Waals surface area contributed by atoms with Crippen molar-refractivity contribution >= 4 is 33.9 Å². The third-order valence-electron chi connectivity index (χ3n) is 2.34. The molecule has 2 aromatic rings. The Balaban J connectivity index is 2.40. The maximum atomic E-state index is 11.9. The molecule has 1 aromatic heterocycles. The fourth-order valence-corrected chi connectivity index (χ4v) is 2.04. The lowest BCUT2D eigenvalue weighted by Gasteiger charge is -2.03. The molecule has 0 atom stereocenters. The van der Waals surface area contributed by atoms with Crippen LogP contribution < -0.4 is 5.56 Å². The number of rotatable bonds is 3. The molecule has 0 aliphatic heterocycles. The maximum absolute atomic E-state index is 11.9. The molecule has 19 heavy (non-hydrogen) atoms. The van der Waals surface area contributed by atoms with Gasteiger partial charge in [-0.25, -0.2) is 0 Å². The summed E-state index contributed by atoms with van der Waals surface area (Å²) in [7, 11) is 0. The van der Waals surface area contributed by atoms with Crippen LogP contribution in [0.5, 0.6) is 0 Å². The summed E-state index contributed by atoms with van der Waals surface area (Å²) in [5.74, 6) is 0. The zero-order chi connectivity index (χ0) is 13.8. The van der Waals surface area contributed by atoms with Crippen LogP contribution in [0.25, 0.3) is 0 Å². The highest BCUT2D eigenvalue weighted by molar-refractivity contribution is 9.10. The lowest BCUT2D eigenvalue weighted by Crippen LogP contribution is -2.23. The largest absolute Gasteiger partial charge is 0.296 e. The molecule has 0 bridgehead atoms. The topological polar surface area (TPSA) is 60.1 Å². The van der Waals surface area contributed by atoms with Crippen LogP contribution in [-0.4, -0.2) is 27.3 Å². The molecule has 1 aromatic carbocycles. The van der Waals surface area contributed by atoms with E-state index in [1.807, 2.05) is 30.5 Å². The standard InChI is InChI=1S/C12H11BrN4OS/c1-8-11(18)17(12(19-2)16-15-8)14-7-9-3-5-10(13)6-4-9/h3-7H,1-2H3/b14-7-. The van der Waals surface area contributed by atoms with Crippen LogP contribution in [0.1, 0.15) is 11.3 Å². The number of thioether (sulfide) groups is 1. The molecule has 0 aliphatic rings. The van der Waals surface area contributed by atoms with Crippen molar-refractivity contribution in [2.45, 2.75) is 12.1 Å². The van der Waals surface area contributed by atoms with Crippen molar-refractivity contribution < 1.29 is 0 Å². The fourth-order valence-electron chi connectivity index (χ4n) is 1.35. The normalized spacial score (nSPS) is 11.1. The number of hydrogen-bond acceptors (Lipinski definition) is 5. The molecular weight excluding hydrogens is 328 g/mol. The van der Waals surface area contributed by atoms with Gasteiger partial charge in [-0.15, -0.1) is 10.2 Å². The first kappa shape index (κ1) is 14.0. The minimum absolute atomic E-state index is 0.257. The number of aromatic nitrogens is 3. The van der Waals surface area contributed by atoms with Crippen molar-refractivity contribution in [3.63, 3.8) is 0 Å². The summed E-state index contributed by atoms with van der Waals surface area (Å²) in [4.78, 5) is 11.9. The van der Waals surface area contributed by atoms with E-state index < -0.39 is 0 Å².